The van der Waals surface area contributed by atoms with E-state index in [0.29, 0.717) is 12.8 Å². The Morgan fingerprint density at radius 3 is 2.60 bits per heavy atom. The van der Waals surface area contributed by atoms with E-state index in [1.807, 2.05) is 24.3 Å². The van der Waals surface area contributed by atoms with Gasteiger partial charge in [0.15, 0.2) is 0 Å². The van der Waals surface area contributed by atoms with Crippen molar-refractivity contribution in [3.05, 3.63) is 29.8 Å². The van der Waals surface area contributed by atoms with Gasteiger partial charge in [-0.25, -0.2) is 0 Å². The molecule has 1 aromatic rings. The van der Waals surface area contributed by atoms with Crippen molar-refractivity contribution in [3.63, 3.8) is 0 Å². The number of hydrogen-bond acceptors (Lipinski definition) is 2. The number of nitrogens with zero attached hydrogens (tertiary/aromatic N) is 2. The van der Waals surface area contributed by atoms with Crippen LogP contribution in [-0.2, 0) is 11.2 Å². The lowest BCUT2D eigenvalue weighted by Gasteiger charge is -2.15. The van der Waals surface area contributed by atoms with Crippen molar-refractivity contribution in [3.8, 4) is 6.07 Å². The third-order valence-electron chi connectivity index (χ3n) is 2.60. The Morgan fingerprint density at radius 1 is 1.33 bits per heavy atom. The maximum absolute atomic E-state index is 11.5. The second-order valence-corrected chi connectivity index (χ2v) is 3.65. The van der Waals surface area contributed by atoms with Crippen molar-refractivity contribution in [2.45, 2.75) is 19.3 Å². The maximum atomic E-state index is 11.5. The summed E-state index contributed by atoms with van der Waals surface area (Å²) in [5.74, 6) is 0.197. The van der Waals surface area contributed by atoms with Gasteiger partial charge in [0.1, 0.15) is 0 Å². The van der Waals surface area contributed by atoms with Crippen molar-refractivity contribution >= 4 is 11.6 Å². The van der Waals surface area contributed by atoms with Crippen molar-refractivity contribution in [2.75, 3.05) is 11.4 Å². The van der Waals surface area contributed by atoms with Gasteiger partial charge in [0, 0.05) is 18.7 Å². The van der Waals surface area contributed by atoms with Gasteiger partial charge in [-0.1, -0.05) is 12.1 Å². The minimum atomic E-state index is 0.197. The third kappa shape index (κ3) is 1.99. The summed E-state index contributed by atoms with van der Waals surface area (Å²) in [6, 6.07) is 9.74. The standard InChI is InChI=1S/C12H12N2O/c13-8-7-10-3-5-11(6-4-10)14-9-1-2-12(14)15/h3-6H,1-2,7,9H2. The summed E-state index contributed by atoms with van der Waals surface area (Å²) in [4.78, 5) is 13.3. The maximum Gasteiger partial charge on any atom is 0.227 e. The van der Waals surface area contributed by atoms with E-state index >= 15 is 0 Å². The molecule has 1 fully saturated rings. The van der Waals surface area contributed by atoms with Gasteiger partial charge in [-0.05, 0) is 24.1 Å². The van der Waals surface area contributed by atoms with E-state index in [0.717, 1.165) is 24.2 Å². The monoisotopic (exact) mass is 200 g/mol. The van der Waals surface area contributed by atoms with Crippen LogP contribution < -0.4 is 4.90 Å². The Morgan fingerprint density at radius 2 is 2.07 bits per heavy atom. The highest BCUT2D eigenvalue weighted by Gasteiger charge is 2.21. The zero-order valence-corrected chi connectivity index (χ0v) is 8.44. The van der Waals surface area contributed by atoms with Gasteiger partial charge in [0.2, 0.25) is 5.91 Å². The molecule has 3 heteroatoms. The molecule has 0 aliphatic carbocycles. The lowest BCUT2D eigenvalue weighted by atomic mass is 10.1. The van der Waals surface area contributed by atoms with Crippen LogP contribution in [0, 0.1) is 11.3 Å². The zero-order valence-electron chi connectivity index (χ0n) is 8.44. The normalized spacial score (nSPS) is 15.4. The fourth-order valence-electron chi connectivity index (χ4n) is 1.81. The van der Waals surface area contributed by atoms with Crippen LogP contribution >= 0.6 is 0 Å². The summed E-state index contributed by atoms with van der Waals surface area (Å²) in [7, 11) is 0. The second kappa shape index (κ2) is 4.14. The predicted molar refractivity (Wildman–Crippen MR) is 57.3 cm³/mol. The highest BCUT2D eigenvalue weighted by Crippen LogP contribution is 2.21. The largest absolute Gasteiger partial charge is 0.312 e. The Labute approximate surface area is 88.9 Å². The highest BCUT2D eigenvalue weighted by atomic mass is 16.2. The first-order valence-electron chi connectivity index (χ1n) is 5.07. The number of carbonyl (C=O) groups excluding carboxylic acids is 1. The number of hydrogen-bond donors (Lipinski definition) is 0. The van der Waals surface area contributed by atoms with Crippen molar-refractivity contribution in [1.82, 2.24) is 0 Å². The Kier molecular flexibility index (Phi) is 2.68. The molecule has 0 radical (unpaired) electrons. The Bertz CT molecular complexity index is 403. The van der Waals surface area contributed by atoms with Gasteiger partial charge in [-0.2, -0.15) is 5.26 Å². The molecule has 3 nitrogen and oxygen atoms in total. The number of nitriles is 1. The number of rotatable bonds is 2. The molecule has 1 aliphatic heterocycles. The second-order valence-electron chi connectivity index (χ2n) is 3.65. The summed E-state index contributed by atoms with van der Waals surface area (Å²) in [6.45, 7) is 0.816. The summed E-state index contributed by atoms with van der Waals surface area (Å²) in [6.07, 6.45) is 2.02. The van der Waals surface area contributed by atoms with Crippen molar-refractivity contribution in [1.29, 1.82) is 5.26 Å². The van der Waals surface area contributed by atoms with Crippen molar-refractivity contribution < 1.29 is 4.79 Å². The summed E-state index contributed by atoms with van der Waals surface area (Å²) in [5, 5.41) is 8.53. The SMILES string of the molecule is N#CCc1ccc(N2CCCC2=O)cc1. The molecule has 1 aromatic carbocycles. The fourth-order valence-corrected chi connectivity index (χ4v) is 1.81. The van der Waals surface area contributed by atoms with Crippen LogP contribution in [0.1, 0.15) is 18.4 Å². The first kappa shape index (κ1) is 9.72. The minimum absolute atomic E-state index is 0.197. The summed E-state index contributed by atoms with van der Waals surface area (Å²) >= 11 is 0. The number of amides is 1. The lowest BCUT2D eigenvalue weighted by molar-refractivity contribution is -0.117. The van der Waals surface area contributed by atoms with E-state index in [9.17, 15) is 4.79 Å². The van der Waals surface area contributed by atoms with E-state index in [1.54, 1.807) is 4.90 Å². The molecule has 0 atom stereocenters. The molecule has 0 N–H and O–H groups in total. The molecular formula is C12H12N2O. The van der Waals surface area contributed by atoms with E-state index in [-0.39, 0.29) is 5.91 Å². The lowest BCUT2D eigenvalue weighted by Crippen LogP contribution is -2.23. The first-order valence-corrected chi connectivity index (χ1v) is 5.07. The number of benzene rings is 1. The number of anilines is 1. The predicted octanol–water partition coefficient (Wildman–Crippen LogP) is 1.88. The van der Waals surface area contributed by atoms with Crippen LogP contribution in [0.4, 0.5) is 5.69 Å². The van der Waals surface area contributed by atoms with E-state index in [2.05, 4.69) is 6.07 Å². The Balaban J connectivity index is 2.16. The summed E-state index contributed by atoms with van der Waals surface area (Å²) in [5.41, 5.74) is 1.94. The molecule has 1 amide bonds. The van der Waals surface area contributed by atoms with Gasteiger partial charge in [0.25, 0.3) is 0 Å². The van der Waals surface area contributed by atoms with Crippen LogP contribution in [0.3, 0.4) is 0 Å². The topological polar surface area (TPSA) is 44.1 Å². The first-order chi connectivity index (χ1) is 7.31. The molecule has 15 heavy (non-hydrogen) atoms. The smallest absolute Gasteiger partial charge is 0.227 e. The van der Waals surface area contributed by atoms with E-state index < -0.39 is 0 Å². The summed E-state index contributed by atoms with van der Waals surface area (Å²) < 4.78 is 0. The molecule has 76 valence electrons. The average Bonchev–Trinajstić information content (AvgIpc) is 2.66. The molecule has 2 rings (SSSR count). The molecule has 0 unspecified atom stereocenters. The van der Waals surface area contributed by atoms with E-state index in [1.165, 1.54) is 0 Å². The Hall–Kier alpha value is -1.82. The minimum Gasteiger partial charge on any atom is -0.312 e. The van der Waals surface area contributed by atoms with Gasteiger partial charge in [0.05, 0.1) is 12.5 Å². The molecule has 0 aromatic heterocycles. The van der Waals surface area contributed by atoms with Crippen LogP contribution in [0.5, 0.6) is 0 Å². The molecule has 1 heterocycles. The van der Waals surface area contributed by atoms with Gasteiger partial charge in [-0.3, -0.25) is 4.79 Å². The van der Waals surface area contributed by atoms with Crippen LogP contribution in [0.15, 0.2) is 24.3 Å². The average molecular weight is 200 g/mol. The van der Waals surface area contributed by atoms with Crippen LogP contribution in [0.2, 0.25) is 0 Å². The van der Waals surface area contributed by atoms with Gasteiger partial charge in [-0.15, -0.1) is 0 Å². The fraction of sp³-hybridized carbons (Fsp3) is 0.333. The molecule has 0 bridgehead atoms. The van der Waals surface area contributed by atoms with Gasteiger partial charge < -0.3 is 4.90 Å². The molecule has 0 spiro atoms. The highest BCUT2D eigenvalue weighted by molar-refractivity contribution is 5.95. The van der Waals surface area contributed by atoms with Crippen LogP contribution in [-0.4, -0.2) is 12.5 Å². The number of carbonyl (C=O) groups is 1. The molecule has 1 aliphatic rings. The quantitative estimate of drug-likeness (QED) is 0.731. The molecule has 1 saturated heterocycles. The van der Waals surface area contributed by atoms with Crippen LogP contribution in [0.25, 0.3) is 0 Å². The molecule has 0 saturated carbocycles. The third-order valence-corrected chi connectivity index (χ3v) is 2.60. The molecular weight excluding hydrogens is 188 g/mol. The zero-order chi connectivity index (χ0) is 10.7. The van der Waals surface area contributed by atoms with Gasteiger partial charge >= 0.3 is 0 Å². The van der Waals surface area contributed by atoms with Crippen molar-refractivity contribution in [2.24, 2.45) is 0 Å². The van der Waals surface area contributed by atoms with E-state index in [4.69, 9.17) is 5.26 Å².